The second-order valence-electron chi connectivity index (χ2n) is 7.11. The predicted molar refractivity (Wildman–Crippen MR) is 102 cm³/mol. The van der Waals surface area contributed by atoms with Gasteiger partial charge in [0.25, 0.3) is 0 Å². The van der Waals surface area contributed by atoms with Crippen LogP contribution in [0.3, 0.4) is 0 Å². The van der Waals surface area contributed by atoms with Crippen molar-refractivity contribution in [3.8, 4) is 17.4 Å². The molecule has 2 aromatic rings. The molecule has 1 aliphatic rings. The van der Waals surface area contributed by atoms with E-state index in [0.717, 1.165) is 18.6 Å². The quantitative estimate of drug-likeness (QED) is 0.678. The Morgan fingerprint density at radius 3 is 2.35 bits per heavy atom. The van der Waals surface area contributed by atoms with Crippen molar-refractivity contribution in [3.63, 3.8) is 0 Å². The van der Waals surface area contributed by atoms with Crippen LogP contribution in [0.15, 0.2) is 42.6 Å². The molecule has 3 rings (SSSR count). The van der Waals surface area contributed by atoms with Crippen molar-refractivity contribution in [1.82, 2.24) is 10.3 Å². The first-order valence-corrected chi connectivity index (χ1v) is 9.30. The average Bonchev–Trinajstić information content (AvgIpc) is 3.30. The molecule has 1 fully saturated rings. The molecule has 1 saturated heterocycles. The third kappa shape index (κ3) is 5.71. The molecule has 5 heteroatoms. The van der Waals surface area contributed by atoms with E-state index in [0.29, 0.717) is 23.8 Å². The van der Waals surface area contributed by atoms with Gasteiger partial charge in [-0.05, 0) is 64.3 Å². The summed E-state index contributed by atoms with van der Waals surface area (Å²) in [5.41, 5.74) is 1.30. The Balaban J connectivity index is 1.46. The van der Waals surface area contributed by atoms with Crippen molar-refractivity contribution >= 4 is 0 Å². The number of benzene rings is 1. The highest BCUT2D eigenvalue weighted by molar-refractivity contribution is 5.33. The smallest absolute Gasteiger partial charge is 0.213 e. The minimum Gasteiger partial charge on any atom is -0.475 e. The van der Waals surface area contributed by atoms with Gasteiger partial charge < -0.3 is 14.2 Å². The van der Waals surface area contributed by atoms with E-state index in [1.807, 2.05) is 38.1 Å². The van der Waals surface area contributed by atoms with Gasteiger partial charge in [-0.25, -0.2) is 4.98 Å². The van der Waals surface area contributed by atoms with Crippen molar-refractivity contribution in [1.29, 1.82) is 0 Å². The van der Waals surface area contributed by atoms with E-state index in [2.05, 4.69) is 36.3 Å². The van der Waals surface area contributed by atoms with E-state index in [4.69, 9.17) is 14.2 Å². The molecule has 2 heterocycles. The molecule has 1 aromatic heterocycles. The number of rotatable bonds is 9. The zero-order chi connectivity index (χ0) is 18.5. The molecule has 0 radical (unpaired) electrons. The summed E-state index contributed by atoms with van der Waals surface area (Å²) in [6.07, 6.45) is 4.49. The maximum Gasteiger partial charge on any atom is 0.213 e. The van der Waals surface area contributed by atoms with E-state index in [1.165, 1.54) is 5.56 Å². The van der Waals surface area contributed by atoms with E-state index in [-0.39, 0.29) is 12.3 Å². The van der Waals surface area contributed by atoms with Gasteiger partial charge in [-0.3, -0.25) is 5.32 Å². The first-order chi connectivity index (χ1) is 12.5. The van der Waals surface area contributed by atoms with Gasteiger partial charge in [0.2, 0.25) is 5.88 Å². The molecule has 3 atom stereocenters. The lowest BCUT2D eigenvalue weighted by Crippen LogP contribution is -2.30. The van der Waals surface area contributed by atoms with E-state index in [9.17, 15) is 0 Å². The number of ether oxygens (including phenoxy) is 3. The number of hydrogen-bond acceptors (Lipinski definition) is 5. The number of aryl methyl sites for hydroxylation is 1. The lowest BCUT2D eigenvalue weighted by atomic mass is 10.1. The van der Waals surface area contributed by atoms with Crippen LogP contribution in [0.4, 0.5) is 0 Å². The van der Waals surface area contributed by atoms with Gasteiger partial charge in [-0.15, -0.1) is 0 Å². The summed E-state index contributed by atoms with van der Waals surface area (Å²) in [5, 5.41) is 3.47. The van der Waals surface area contributed by atoms with Gasteiger partial charge >= 0.3 is 0 Å². The predicted octanol–water partition coefficient (Wildman–Crippen LogP) is 4.32. The molecular formula is C21H28N2O3. The summed E-state index contributed by atoms with van der Waals surface area (Å²) in [5.74, 6) is 2.11. The van der Waals surface area contributed by atoms with Crippen LogP contribution in [0.2, 0.25) is 0 Å². The van der Waals surface area contributed by atoms with Gasteiger partial charge in [-0.2, -0.15) is 0 Å². The summed E-state index contributed by atoms with van der Waals surface area (Å²) in [4.78, 5) is 4.25. The monoisotopic (exact) mass is 356 g/mol. The Kier molecular flexibility index (Phi) is 6.12. The van der Waals surface area contributed by atoms with Crippen LogP contribution < -0.4 is 14.8 Å². The summed E-state index contributed by atoms with van der Waals surface area (Å²) in [7, 11) is 0. The molecule has 1 aliphatic heterocycles. The molecular weight excluding hydrogens is 328 g/mol. The Hall–Kier alpha value is -2.11. The highest BCUT2D eigenvalue weighted by Crippen LogP contribution is 2.23. The average molecular weight is 356 g/mol. The van der Waals surface area contributed by atoms with Gasteiger partial charge in [-0.1, -0.05) is 12.1 Å². The second kappa shape index (κ2) is 8.52. The van der Waals surface area contributed by atoms with E-state index >= 15 is 0 Å². The molecule has 1 N–H and O–H groups in total. The van der Waals surface area contributed by atoms with Crippen molar-refractivity contribution in [2.45, 2.75) is 65.0 Å². The van der Waals surface area contributed by atoms with Crippen LogP contribution in [0.1, 0.15) is 39.7 Å². The molecule has 5 nitrogen and oxygen atoms in total. The molecule has 0 aliphatic carbocycles. The number of aromatic nitrogens is 1. The Labute approximate surface area is 155 Å². The number of nitrogens with zero attached hydrogens (tertiary/aromatic N) is 1. The zero-order valence-electron chi connectivity index (χ0n) is 15.9. The van der Waals surface area contributed by atoms with Gasteiger partial charge in [0, 0.05) is 12.1 Å². The first kappa shape index (κ1) is 18.7. The Morgan fingerprint density at radius 2 is 1.77 bits per heavy atom. The molecule has 0 amide bonds. The second-order valence-corrected chi connectivity index (χ2v) is 7.11. The van der Waals surface area contributed by atoms with Gasteiger partial charge in [0.05, 0.1) is 18.4 Å². The van der Waals surface area contributed by atoms with Gasteiger partial charge in [0.15, 0.2) is 0 Å². The molecule has 140 valence electrons. The van der Waals surface area contributed by atoms with Crippen LogP contribution in [0.25, 0.3) is 0 Å². The number of hydrogen-bond donors (Lipinski definition) is 1. The fourth-order valence-electron chi connectivity index (χ4n) is 2.71. The third-order valence-electron chi connectivity index (χ3n) is 4.25. The maximum absolute atomic E-state index is 5.84. The minimum atomic E-state index is 0.111. The lowest BCUT2D eigenvalue weighted by Gasteiger charge is -2.12. The zero-order valence-corrected chi connectivity index (χ0v) is 15.9. The Morgan fingerprint density at radius 1 is 1.08 bits per heavy atom. The van der Waals surface area contributed by atoms with E-state index < -0.39 is 0 Å². The highest BCUT2D eigenvalue weighted by atomic mass is 16.6. The summed E-state index contributed by atoms with van der Waals surface area (Å²) in [6.45, 7) is 8.24. The summed E-state index contributed by atoms with van der Waals surface area (Å²) >= 11 is 0. The molecule has 0 bridgehead atoms. The SMILES string of the molecule is CC(CCc1ccc(Oc2ccc(OC(C)C)nc2)cc1)NC1OC1C. The van der Waals surface area contributed by atoms with E-state index in [1.54, 1.807) is 6.20 Å². The normalized spacial score (nSPS) is 20.0. The maximum atomic E-state index is 5.84. The molecule has 26 heavy (non-hydrogen) atoms. The first-order valence-electron chi connectivity index (χ1n) is 9.30. The third-order valence-corrected chi connectivity index (χ3v) is 4.25. The number of epoxide rings is 1. The summed E-state index contributed by atoms with van der Waals surface area (Å²) in [6, 6.07) is 12.4. The molecule has 0 spiro atoms. The van der Waals surface area contributed by atoms with Crippen molar-refractivity contribution in [2.24, 2.45) is 0 Å². The van der Waals surface area contributed by atoms with Crippen molar-refractivity contribution in [3.05, 3.63) is 48.2 Å². The minimum absolute atomic E-state index is 0.111. The molecule has 3 unspecified atom stereocenters. The van der Waals surface area contributed by atoms with Crippen LogP contribution in [-0.4, -0.2) is 29.5 Å². The number of pyridine rings is 1. The highest BCUT2D eigenvalue weighted by Gasteiger charge is 2.34. The molecule has 1 aromatic carbocycles. The topological polar surface area (TPSA) is 55.9 Å². The van der Waals surface area contributed by atoms with Crippen molar-refractivity contribution < 1.29 is 14.2 Å². The van der Waals surface area contributed by atoms with Gasteiger partial charge in [0.1, 0.15) is 17.7 Å². The Bertz CT molecular complexity index is 685. The number of nitrogens with one attached hydrogen (secondary N) is 1. The lowest BCUT2D eigenvalue weighted by molar-refractivity contribution is 0.232. The van der Waals surface area contributed by atoms with Crippen LogP contribution in [-0.2, 0) is 11.2 Å². The fourth-order valence-corrected chi connectivity index (χ4v) is 2.71. The van der Waals surface area contributed by atoms with Crippen LogP contribution >= 0.6 is 0 Å². The van der Waals surface area contributed by atoms with Crippen LogP contribution in [0, 0.1) is 0 Å². The molecule has 0 saturated carbocycles. The fraction of sp³-hybridized carbons (Fsp3) is 0.476. The summed E-state index contributed by atoms with van der Waals surface area (Å²) < 4.78 is 16.8. The van der Waals surface area contributed by atoms with Crippen LogP contribution in [0.5, 0.6) is 17.4 Å². The van der Waals surface area contributed by atoms with Crippen molar-refractivity contribution in [2.75, 3.05) is 0 Å². The largest absolute Gasteiger partial charge is 0.475 e. The standard InChI is InChI=1S/C21H28N2O3/c1-14(2)24-20-12-11-19(13-22-20)26-18-9-7-17(8-10-18)6-5-15(3)23-21-16(4)25-21/h7-16,21,23H,5-6H2,1-4H3.